The Kier molecular flexibility index (Phi) is 5.93. The van der Waals surface area contributed by atoms with E-state index in [0.29, 0.717) is 23.5 Å². The second-order valence-corrected chi connectivity index (χ2v) is 8.47. The Morgan fingerprint density at radius 2 is 1.90 bits per heavy atom. The van der Waals surface area contributed by atoms with Gasteiger partial charge in [-0.1, -0.05) is 12.5 Å². The second kappa shape index (κ2) is 8.62. The van der Waals surface area contributed by atoms with Crippen LogP contribution in [-0.4, -0.2) is 35.8 Å². The number of ether oxygens (including phenoxy) is 2. The maximum absolute atomic E-state index is 13.3. The number of phenolic OH excluding ortho intramolecular Hbond substituents is 1. The van der Waals surface area contributed by atoms with E-state index in [1.54, 1.807) is 18.2 Å². The minimum Gasteiger partial charge on any atom is -0.504 e. The summed E-state index contributed by atoms with van der Waals surface area (Å²) >= 11 is 0. The molecular formula is C24H29NO5. The number of carbonyl (C=O) groups is 2. The highest BCUT2D eigenvalue weighted by Crippen LogP contribution is 2.45. The number of rotatable bonds is 4. The molecule has 0 radical (unpaired) electrons. The van der Waals surface area contributed by atoms with Crippen LogP contribution >= 0.6 is 0 Å². The molecule has 0 saturated heterocycles. The molecule has 0 amide bonds. The lowest BCUT2D eigenvalue weighted by Gasteiger charge is -2.35. The van der Waals surface area contributed by atoms with E-state index in [0.717, 1.165) is 49.8 Å². The zero-order valence-corrected chi connectivity index (χ0v) is 17.6. The van der Waals surface area contributed by atoms with E-state index in [4.69, 9.17) is 9.47 Å². The van der Waals surface area contributed by atoms with E-state index in [-0.39, 0.29) is 23.6 Å². The van der Waals surface area contributed by atoms with E-state index >= 15 is 0 Å². The van der Waals surface area contributed by atoms with Crippen LogP contribution in [0.5, 0.6) is 11.5 Å². The number of nitrogens with zero attached hydrogens (tertiary/aromatic N) is 1. The van der Waals surface area contributed by atoms with Gasteiger partial charge in [0.1, 0.15) is 12.0 Å². The summed E-state index contributed by atoms with van der Waals surface area (Å²) in [5, 5.41) is 10.0. The molecular weight excluding hydrogens is 382 g/mol. The summed E-state index contributed by atoms with van der Waals surface area (Å²) in [5.41, 5.74) is 2.83. The number of phenols is 1. The summed E-state index contributed by atoms with van der Waals surface area (Å²) in [5.74, 6) is -1.06. The van der Waals surface area contributed by atoms with Gasteiger partial charge in [0.25, 0.3) is 0 Å². The third-order valence-corrected chi connectivity index (χ3v) is 6.49. The summed E-state index contributed by atoms with van der Waals surface area (Å²) in [6, 6.07) is 5.02. The lowest BCUT2D eigenvalue weighted by Crippen LogP contribution is -2.38. The first-order valence-electron chi connectivity index (χ1n) is 10.9. The fourth-order valence-corrected chi connectivity index (χ4v) is 4.98. The van der Waals surface area contributed by atoms with Gasteiger partial charge in [0.05, 0.1) is 7.11 Å². The van der Waals surface area contributed by atoms with Crippen LogP contribution in [0.15, 0.2) is 34.5 Å². The van der Waals surface area contributed by atoms with Crippen molar-refractivity contribution in [2.75, 3.05) is 7.11 Å². The van der Waals surface area contributed by atoms with Crippen molar-refractivity contribution < 1.29 is 24.2 Å². The largest absolute Gasteiger partial charge is 0.504 e. The van der Waals surface area contributed by atoms with Crippen LogP contribution in [0.2, 0.25) is 0 Å². The van der Waals surface area contributed by atoms with Crippen LogP contribution in [0, 0.1) is 5.92 Å². The predicted molar refractivity (Wildman–Crippen MR) is 113 cm³/mol. The molecule has 2 atom stereocenters. The molecule has 3 aliphatic rings. The first kappa shape index (κ1) is 20.6. The van der Waals surface area contributed by atoms with Gasteiger partial charge in [-0.15, -0.1) is 0 Å². The smallest absolute Gasteiger partial charge is 0.315 e. The Hall–Kier alpha value is -2.63. The molecule has 0 bridgehead atoms. The van der Waals surface area contributed by atoms with E-state index < -0.39 is 11.8 Å². The van der Waals surface area contributed by atoms with Crippen molar-refractivity contribution in [3.63, 3.8) is 0 Å². The molecule has 4 rings (SSSR count). The third-order valence-electron chi connectivity index (χ3n) is 6.49. The highest BCUT2D eigenvalue weighted by atomic mass is 16.5. The normalized spacial score (nSPS) is 24.9. The summed E-state index contributed by atoms with van der Waals surface area (Å²) in [4.78, 5) is 31.0. The molecule has 0 aromatic heterocycles. The fraction of sp³-hybridized carbons (Fsp3) is 0.542. The van der Waals surface area contributed by atoms with Crippen molar-refractivity contribution in [3.8, 4) is 11.5 Å². The number of aromatic hydroxyl groups is 1. The Balaban J connectivity index is 1.75. The number of ketones is 1. The Morgan fingerprint density at radius 3 is 2.63 bits per heavy atom. The first-order valence-corrected chi connectivity index (χ1v) is 10.9. The third kappa shape index (κ3) is 3.87. The molecule has 1 N–H and O–H groups in total. The van der Waals surface area contributed by atoms with Crippen molar-refractivity contribution in [1.29, 1.82) is 0 Å². The first-order chi connectivity index (χ1) is 14.5. The monoisotopic (exact) mass is 411 g/mol. The summed E-state index contributed by atoms with van der Waals surface area (Å²) in [6.07, 6.45) is 7.00. The van der Waals surface area contributed by atoms with E-state index in [1.807, 2.05) is 6.92 Å². The van der Waals surface area contributed by atoms with Gasteiger partial charge in [0.2, 0.25) is 0 Å². The van der Waals surface area contributed by atoms with Gasteiger partial charge >= 0.3 is 5.97 Å². The van der Waals surface area contributed by atoms with Gasteiger partial charge in [-0.2, -0.15) is 0 Å². The molecule has 160 valence electrons. The molecule has 0 spiro atoms. The van der Waals surface area contributed by atoms with E-state index in [1.165, 1.54) is 13.5 Å². The molecule has 1 unspecified atom stereocenters. The summed E-state index contributed by atoms with van der Waals surface area (Å²) in [7, 11) is 1.48. The highest BCUT2D eigenvalue weighted by Gasteiger charge is 2.44. The lowest BCUT2D eigenvalue weighted by molar-refractivity contribution is -0.153. The lowest BCUT2D eigenvalue weighted by atomic mass is 9.71. The molecule has 6 nitrogen and oxygen atoms in total. The Labute approximate surface area is 177 Å². The average Bonchev–Trinajstić information content (AvgIpc) is 2.74. The molecule has 30 heavy (non-hydrogen) atoms. The van der Waals surface area contributed by atoms with Crippen molar-refractivity contribution in [3.05, 3.63) is 35.0 Å². The number of Topliss-reactive ketones (excluding diaryl/α,β-unsaturated/α-hetero) is 1. The van der Waals surface area contributed by atoms with Crippen LogP contribution in [-0.2, 0) is 14.3 Å². The molecule has 1 fully saturated rings. The number of hydrogen-bond acceptors (Lipinski definition) is 6. The maximum atomic E-state index is 13.3. The number of methoxy groups -OCH3 is 1. The molecule has 1 saturated carbocycles. The van der Waals surface area contributed by atoms with Gasteiger partial charge in [-0.3, -0.25) is 14.6 Å². The van der Waals surface area contributed by atoms with Crippen LogP contribution in [0.3, 0.4) is 0 Å². The zero-order chi connectivity index (χ0) is 21.3. The molecule has 1 aliphatic heterocycles. The average molecular weight is 411 g/mol. The number of esters is 1. The zero-order valence-electron chi connectivity index (χ0n) is 17.6. The predicted octanol–water partition coefficient (Wildman–Crippen LogP) is 4.46. The summed E-state index contributed by atoms with van der Waals surface area (Å²) < 4.78 is 11.2. The maximum Gasteiger partial charge on any atom is 0.315 e. The van der Waals surface area contributed by atoms with Gasteiger partial charge in [0.15, 0.2) is 17.3 Å². The quantitative estimate of drug-likeness (QED) is 0.740. The standard InChI is InChI=1S/C24H29NO5/c1-14-21(24(28)30-16-7-4-3-5-8-16)22(15-11-12-18(26)20(13-15)29-2)23-17(25-14)9-6-10-19(23)27/h11-13,16,21-22,26H,3-10H2,1-2H3/t21?,22-/m0/s1. The van der Waals surface area contributed by atoms with Crippen molar-refractivity contribution in [2.45, 2.75) is 70.3 Å². The van der Waals surface area contributed by atoms with E-state index in [9.17, 15) is 14.7 Å². The summed E-state index contributed by atoms with van der Waals surface area (Å²) in [6.45, 7) is 1.85. The van der Waals surface area contributed by atoms with Crippen molar-refractivity contribution in [2.24, 2.45) is 10.9 Å². The number of benzene rings is 1. The minimum absolute atomic E-state index is 0.0213. The van der Waals surface area contributed by atoms with Gasteiger partial charge < -0.3 is 14.6 Å². The van der Waals surface area contributed by atoms with Crippen LogP contribution in [0.4, 0.5) is 0 Å². The molecule has 1 aromatic carbocycles. The molecule has 1 heterocycles. The fourth-order valence-electron chi connectivity index (χ4n) is 4.98. The number of aliphatic imine (C=N–C) groups is 1. The van der Waals surface area contributed by atoms with Gasteiger partial charge in [0, 0.05) is 29.3 Å². The van der Waals surface area contributed by atoms with Crippen molar-refractivity contribution in [1.82, 2.24) is 0 Å². The van der Waals surface area contributed by atoms with Crippen LogP contribution in [0.1, 0.15) is 69.8 Å². The highest BCUT2D eigenvalue weighted by molar-refractivity contribution is 6.08. The Morgan fingerprint density at radius 1 is 1.13 bits per heavy atom. The van der Waals surface area contributed by atoms with Gasteiger partial charge in [-0.05, 0) is 63.1 Å². The SMILES string of the molecule is COc1cc([C@@H]2C3=C(CCCC3=O)N=C(C)C2C(=O)OC2CCCCC2)ccc1O. The number of carbonyl (C=O) groups excluding carboxylic acids is 2. The van der Waals surface area contributed by atoms with Gasteiger partial charge in [-0.25, -0.2) is 0 Å². The minimum atomic E-state index is -0.651. The molecule has 1 aromatic rings. The van der Waals surface area contributed by atoms with Crippen LogP contribution < -0.4 is 4.74 Å². The Bertz CT molecular complexity index is 910. The number of allylic oxidation sites excluding steroid dienone is 2. The molecule has 2 aliphatic carbocycles. The van der Waals surface area contributed by atoms with Crippen LogP contribution in [0.25, 0.3) is 0 Å². The number of hydrogen-bond donors (Lipinski definition) is 1. The van der Waals surface area contributed by atoms with Crippen molar-refractivity contribution >= 4 is 17.5 Å². The topological polar surface area (TPSA) is 85.2 Å². The van der Waals surface area contributed by atoms with E-state index in [2.05, 4.69) is 4.99 Å². The molecule has 6 heteroatoms. The second-order valence-electron chi connectivity index (χ2n) is 8.47.